The van der Waals surface area contributed by atoms with Gasteiger partial charge in [0, 0.05) is 16.2 Å². The van der Waals surface area contributed by atoms with Crippen LogP contribution in [0.1, 0.15) is 22.3 Å². The highest BCUT2D eigenvalue weighted by Crippen LogP contribution is 2.09. The first-order valence-electron chi connectivity index (χ1n) is 7.48. The van der Waals surface area contributed by atoms with Crippen molar-refractivity contribution in [2.45, 2.75) is 17.4 Å². The van der Waals surface area contributed by atoms with E-state index in [0.29, 0.717) is 10.5 Å². The number of carbonyl (C=O) groups excluding carboxylic acids is 1. The Hall–Kier alpha value is -2.98. The van der Waals surface area contributed by atoms with Crippen molar-refractivity contribution in [2.24, 2.45) is 0 Å². The molecule has 0 bridgehead atoms. The van der Waals surface area contributed by atoms with Crippen molar-refractivity contribution in [1.82, 2.24) is 5.32 Å². The molecule has 0 radical (unpaired) electrons. The summed E-state index contributed by atoms with van der Waals surface area (Å²) in [5.41, 5.74) is 0.666. The van der Waals surface area contributed by atoms with Gasteiger partial charge in [0.1, 0.15) is 6.04 Å². The van der Waals surface area contributed by atoms with Crippen molar-refractivity contribution < 1.29 is 18.9 Å². The molecule has 7 heteroatoms. The molecule has 128 valence electrons. The van der Waals surface area contributed by atoms with Crippen LogP contribution in [0.5, 0.6) is 0 Å². The lowest BCUT2D eigenvalue weighted by molar-refractivity contribution is -0.139. The molecule has 0 spiro atoms. The molecule has 2 rings (SSSR count). The van der Waals surface area contributed by atoms with Gasteiger partial charge in [-0.2, -0.15) is 5.26 Å². The highest BCUT2D eigenvalue weighted by Gasteiger charge is 2.21. The number of amides is 1. The first-order valence-corrected chi connectivity index (χ1v) is 8.80. The lowest BCUT2D eigenvalue weighted by atomic mass is 10.1. The summed E-state index contributed by atoms with van der Waals surface area (Å²) in [6.07, 6.45) is 0.0405. The van der Waals surface area contributed by atoms with E-state index < -0.39 is 28.7 Å². The summed E-state index contributed by atoms with van der Waals surface area (Å²) in [5, 5.41) is 20.4. The van der Waals surface area contributed by atoms with E-state index in [1.54, 1.807) is 30.3 Å². The van der Waals surface area contributed by atoms with Crippen LogP contribution in [0.25, 0.3) is 0 Å². The molecule has 2 N–H and O–H groups in total. The summed E-state index contributed by atoms with van der Waals surface area (Å²) < 4.78 is 12.2. The third kappa shape index (κ3) is 5.26. The van der Waals surface area contributed by atoms with E-state index in [2.05, 4.69) is 5.32 Å². The van der Waals surface area contributed by atoms with Gasteiger partial charge >= 0.3 is 5.97 Å². The van der Waals surface area contributed by atoms with Crippen LogP contribution in [0.2, 0.25) is 0 Å². The zero-order valence-corrected chi connectivity index (χ0v) is 14.0. The van der Waals surface area contributed by atoms with Crippen molar-refractivity contribution in [3.05, 3.63) is 65.7 Å². The number of carbonyl (C=O) groups is 2. The van der Waals surface area contributed by atoms with E-state index in [0.717, 1.165) is 0 Å². The zero-order valence-electron chi connectivity index (χ0n) is 13.2. The third-order valence-corrected chi connectivity index (χ3v) is 4.88. The van der Waals surface area contributed by atoms with Crippen LogP contribution in [0.3, 0.4) is 0 Å². The molecular formula is C18H16N2O4S. The summed E-state index contributed by atoms with van der Waals surface area (Å²) in [7, 11) is -1.33. The Morgan fingerprint density at radius 2 is 1.76 bits per heavy atom. The molecule has 25 heavy (non-hydrogen) atoms. The van der Waals surface area contributed by atoms with E-state index in [4.69, 9.17) is 5.26 Å². The molecular weight excluding hydrogens is 340 g/mol. The summed E-state index contributed by atoms with van der Waals surface area (Å²) >= 11 is 0. The smallest absolute Gasteiger partial charge is 0.326 e. The van der Waals surface area contributed by atoms with Crippen molar-refractivity contribution in [1.29, 1.82) is 5.26 Å². The zero-order chi connectivity index (χ0) is 18.2. The Kier molecular flexibility index (Phi) is 6.43. The Balaban J connectivity index is 1.98. The van der Waals surface area contributed by atoms with Crippen LogP contribution in [-0.4, -0.2) is 33.0 Å². The number of nitriles is 1. The number of rotatable bonds is 7. The third-order valence-electron chi connectivity index (χ3n) is 3.48. The minimum atomic E-state index is -1.33. The monoisotopic (exact) mass is 356 g/mol. The van der Waals surface area contributed by atoms with Gasteiger partial charge in [0.2, 0.25) is 0 Å². The average Bonchev–Trinajstić information content (AvgIpc) is 2.65. The van der Waals surface area contributed by atoms with Gasteiger partial charge in [-0.1, -0.05) is 18.2 Å². The van der Waals surface area contributed by atoms with Gasteiger partial charge in [0.15, 0.2) is 0 Å². The van der Waals surface area contributed by atoms with Gasteiger partial charge in [-0.15, -0.1) is 0 Å². The molecule has 0 unspecified atom stereocenters. The lowest BCUT2D eigenvalue weighted by Gasteiger charge is -2.14. The number of hydrogen-bond acceptors (Lipinski definition) is 4. The standard InChI is InChI=1S/C18H16N2O4S/c19-12-13-6-8-14(9-7-13)17(21)20-16(18(22)23)10-11-25(24)15-4-2-1-3-5-15/h1-9,16H,10-11H2,(H,20,21)(H,22,23)/t16-,25-/m0/s1. The Morgan fingerprint density at radius 3 is 2.32 bits per heavy atom. The first kappa shape index (κ1) is 18.4. The molecule has 0 aromatic heterocycles. The topological polar surface area (TPSA) is 107 Å². The Labute approximate surface area is 147 Å². The van der Waals surface area contributed by atoms with Crippen LogP contribution in [-0.2, 0) is 15.6 Å². The molecule has 0 heterocycles. The second-order valence-electron chi connectivity index (χ2n) is 5.20. The number of carboxylic acids is 1. The summed E-state index contributed by atoms with van der Waals surface area (Å²) in [6, 6.07) is 15.4. The highest BCUT2D eigenvalue weighted by molar-refractivity contribution is 7.85. The number of nitrogens with one attached hydrogen (secondary N) is 1. The fourth-order valence-corrected chi connectivity index (χ4v) is 3.26. The highest BCUT2D eigenvalue weighted by atomic mass is 32.2. The predicted molar refractivity (Wildman–Crippen MR) is 92.4 cm³/mol. The second-order valence-corrected chi connectivity index (χ2v) is 6.78. The molecule has 6 nitrogen and oxygen atoms in total. The van der Waals surface area contributed by atoms with Crippen LogP contribution in [0.15, 0.2) is 59.5 Å². The fraction of sp³-hybridized carbons (Fsp3) is 0.167. The quantitative estimate of drug-likeness (QED) is 0.788. The normalized spacial score (nSPS) is 12.6. The molecule has 2 aromatic carbocycles. The van der Waals surface area contributed by atoms with E-state index >= 15 is 0 Å². The molecule has 2 atom stereocenters. The Bertz CT molecular complexity index is 813. The van der Waals surface area contributed by atoms with Crippen LogP contribution < -0.4 is 5.32 Å². The van der Waals surface area contributed by atoms with Crippen molar-refractivity contribution >= 4 is 22.7 Å². The number of benzene rings is 2. The van der Waals surface area contributed by atoms with Crippen LogP contribution in [0.4, 0.5) is 0 Å². The Morgan fingerprint density at radius 1 is 1.12 bits per heavy atom. The van der Waals surface area contributed by atoms with Gasteiger partial charge in [0.25, 0.3) is 5.91 Å². The maximum Gasteiger partial charge on any atom is 0.326 e. The average molecular weight is 356 g/mol. The summed E-state index contributed by atoms with van der Waals surface area (Å²) in [5.74, 6) is -1.62. The van der Waals surface area contributed by atoms with Crippen molar-refractivity contribution in [3.8, 4) is 6.07 Å². The fourth-order valence-electron chi connectivity index (χ4n) is 2.11. The van der Waals surface area contributed by atoms with Gasteiger partial charge in [-0.25, -0.2) is 4.79 Å². The summed E-state index contributed by atoms with van der Waals surface area (Å²) in [6.45, 7) is 0. The minimum absolute atomic E-state index is 0.0405. The summed E-state index contributed by atoms with van der Waals surface area (Å²) in [4.78, 5) is 24.1. The maximum absolute atomic E-state index is 12.2. The molecule has 0 saturated heterocycles. The number of hydrogen-bond donors (Lipinski definition) is 2. The molecule has 1 amide bonds. The van der Waals surface area contributed by atoms with E-state index in [9.17, 15) is 18.9 Å². The van der Waals surface area contributed by atoms with Crippen LogP contribution in [0, 0.1) is 11.3 Å². The van der Waals surface area contributed by atoms with Crippen LogP contribution >= 0.6 is 0 Å². The number of aliphatic carboxylic acids is 1. The molecule has 2 aromatic rings. The van der Waals surface area contributed by atoms with E-state index in [-0.39, 0.29) is 17.7 Å². The lowest BCUT2D eigenvalue weighted by Crippen LogP contribution is -2.41. The number of nitrogens with zero attached hydrogens (tertiary/aromatic N) is 1. The maximum atomic E-state index is 12.2. The molecule has 0 fully saturated rings. The van der Waals surface area contributed by atoms with Gasteiger partial charge in [-0.3, -0.25) is 9.00 Å². The molecule has 0 saturated carbocycles. The molecule has 0 aliphatic carbocycles. The predicted octanol–water partition coefficient (Wildman–Crippen LogP) is 1.94. The SMILES string of the molecule is N#Cc1ccc(C(=O)N[C@@H](CC[S@](=O)c2ccccc2)C(=O)O)cc1. The molecule has 0 aliphatic rings. The van der Waals surface area contributed by atoms with E-state index in [1.165, 1.54) is 24.3 Å². The second kappa shape index (κ2) is 8.76. The van der Waals surface area contributed by atoms with Crippen molar-refractivity contribution in [3.63, 3.8) is 0 Å². The first-order chi connectivity index (χ1) is 12.0. The van der Waals surface area contributed by atoms with Gasteiger partial charge in [0.05, 0.1) is 22.4 Å². The number of carboxylic acid groups (broad SMARTS) is 1. The van der Waals surface area contributed by atoms with E-state index in [1.807, 2.05) is 6.07 Å². The minimum Gasteiger partial charge on any atom is -0.480 e. The van der Waals surface area contributed by atoms with Gasteiger partial charge in [-0.05, 0) is 42.8 Å². The van der Waals surface area contributed by atoms with Crippen molar-refractivity contribution in [2.75, 3.05) is 5.75 Å². The van der Waals surface area contributed by atoms with Gasteiger partial charge < -0.3 is 10.4 Å². The molecule has 0 aliphatic heterocycles. The largest absolute Gasteiger partial charge is 0.480 e.